The Morgan fingerprint density at radius 2 is 1.38 bits per heavy atom. The fraction of sp³-hybridized carbons (Fsp3) is 0.348. The summed E-state index contributed by atoms with van der Waals surface area (Å²) in [5.74, 6) is -0.983. The number of nitrogens with one attached hydrogen (secondary N) is 3. The molecule has 2 rings (SSSR count). The lowest BCUT2D eigenvalue weighted by atomic mass is 10.0. The number of amides is 3. The van der Waals surface area contributed by atoms with Crippen LogP contribution in [0.15, 0.2) is 60.7 Å². The van der Waals surface area contributed by atoms with E-state index in [1.807, 2.05) is 50.2 Å². The molecular weight excluding hydrogens is 366 g/mol. The van der Waals surface area contributed by atoms with Gasteiger partial charge in [-0.2, -0.15) is 0 Å². The topological polar surface area (TPSA) is 87.3 Å². The van der Waals surface area contributed by atoms with E-state index < -0.39 is 18.0 Å². The van der Waals surface area contributed by atoms with Crippen LogP contribution in [0.2, 0.25) is 0 Å². The summed E-state index contributed by atoms with van der Waals surface area (Å²) in [4.78, 5) is 37.7. The van der Waals surface area contributed by atoms with Crippen molar-refractivity contribution in [3.63, 3.8) is 0 Å². The zero-order valence-corrected chi connectivity index (χ0v) is 17.1. The zero-order valence-electron chi connectivity index (χ0n) is 17.1. The molecule has 3 atom stereocenters. The van der Waals surface area contributed by atoms with Crippen molar-refractivity contribution in [2.75, 3.05) is 0 Å². The van der Waals surface area contributed by atoms with Crippen LogP contribution in [0.5, 0.6) is 0 Å². The van der Waals surface area contributed by atoms with Crippen molar-refractivity contribution in [1.29, 1.82) is 0 Å². The van der Waals surface area contributed by atoms with Crippen LogP contribution >= 0.6 is 0 Å². The van der Waals surface area contributed by atoms with Gasteiger partial charge in [-0.1, -0.05) is 55.5 Å². The molecule has 2 aromatic rings. The van der Waals surface area contributed by atoms with Gasteiger partial charge in [-0.15, -0.1) is 0 Å². The highest BCUT2D eigenvalue weighted by molar-refractivity contribution is 5.98. The molecule has 154 valence electrons. The normalized spacial score (nSPS) is 13.6. The number of hydrogen-bond acceptors (Lipinski definition) is 3. The molecule has 0 aliphatic carbocycles. The largest absolute Gasteiger partial charge is 0.352 e. The Hall–Kier alpha value is -3.15. The van der Waals surface area contributed by atoms with Gasteiger partial charge in [0.2, 0.25) is 11.8 Å². The maximum absolute atomic E-state index is 12.9. The molecule has 3 unspecified atom stereocenters. The van der Waals surface area contributed by atoms with Gasteiger partial charge in [0, 0.05) is 18.0 Å². The number of benzene rings is 2. The molecule has 0 radical (unpaired) electrons. The third kappa shape index (κ3) is 7.07. The zero-order chi connectivity index (χ0) is 21.2. The quantitative estimate of drug-likeness (QED) is 0.609. The fourth-order valence-corrected chi connectivity index (χ4v) is 2.74. The maximum Gasteiger partial charge on any atom is 0.251 e. The minimum absolute atomic E-state index is 0.0275. The molecule has 2 aromatic carbocycles. The van der Waals surface area contributed by atoms with Crippen molar-refractivity contribution in [3.8, 4) is 0 Å². The summed E-state index contributed by atoms with van der Waals surface area (Å²) in [5, 5.41) is 8.36. The van der Waals surface area contributed by atoms with Gasteiger partial charge < -0.3 is 16.0 Å². The Morgan fingerprint density at radius 3 is 1.97 bits per heavy atom. The van der Waals surface area contributed by atoms with Gasteiger partial charge in [-0.3, -0.25) is 14.4 Å². The monoisotopic (exact) mass is 395 g/mol. The second-order valence-electron chi connectivity index (χ2n) is 7.13. The minimum atomic E-state index is -0.802. The second kappa shape index (κ2) is 11.0. The first-order valence-electron chi connectivity index (χ1n) is 9.91. The van der Waals surface area contributed by atoms with E-state index >= 15 is 0 Å². The summed E-state index contributed by atoms with van der Waals surface area (Å²) < 4.78 is 0. The first-order chi connectivity index (χ1) is 13.9. The van der Waals surface area contributed by atoms with E-state index in [-0.39, 0.29) is 17.9 Å². The smallest absolute Gasteiger partial charge is 0.251 e. The van der Waals surface area contributed by atoms with Gasteiger partial charge in [-0.05, 0) is 38.0 Å². The van der Waals surface area contributed by atoms with Crippen molar-refractivity contribution in [2.24, 2.45) is 0 Å². The highest BCUT2D eigenvalue weighted by atomic mass is 16.2. The number of carbonyl (C=O) groups is 3. The van der Waals surface area contributed by atoms with Crippen LogP contribution < -0.4 is 16.0 Å². The Kier molecular flexibility index (Phi) is 8.40. The van der Waals surface area contributed by atoms with Crippen molar-refractivity contribution < 1.29 is 14.4 Å². The van der Waals surface area contributed by atoms with Gasteiger partial charge in [-0.25, -0.2) is 0 Å². The molecule has 3 N–H and O–H groups in total. The molecule has 6 nitrogen and oxygen atoms in total. The first kappa shape index (κ1) is 22.1. The molecule has 0 saturated heterocycles. The third-order valence-electron chi connectivity index (χ3n) is 4.69. The molecule has 0 aromatic heterocycles. The van der Waals surface area contributed by atoms with Crippen LogP contribution in [0.1, 0.15) is 43.1 Å². The number of rotatable bonds is 9. The van der Waals surface area contributed by atoms with Crippen LogP contribution in [-0.4, -0.2) is 35.8 Å². The van der Waals surface area contributed by atoms with Crippen LogP contribution in [0.3, 0.4) is 0 Å². The van der Waals surface area contributed by atoms with E-state index in [0.717, 1.165) is 12.0 Å². The van der Waals surface area contributed by atoms with Crippen LogP contribution in [0.25, 0.3) is 0 Å². The Labute approximate surface area is 172 Å². The molecule has 0 heterocycles. The van der Waals surface area contributed by atoms with Crippen molar-refractivity contribution in [3.05, 3.63) is 71.8 Å². The summed E-state index contributed by atoms with van der Waals surface area (Å²) >= 11 is 0. The van der Waals surface area contributed by atoms with Crippen molar-refractivity contribution in [1.82, 2.24) is 16.0 Å². The molecule has 0 aliphatic heterocycles. The van der Waals surface area contributed by atoms with Gasteiger partial charge in [0.25, 0.3) is 5.91 Å². The second-order valence-corrected chi connectivity index (χ2v) is 7.13. The third-order valence-corrected chi connectivity index (χ3v) is 4.69. The van der Waals surface area contributed by atoms with Gasteiger partial charge >= 0.3 is 0 Å². The van der Waals surface area contributed by atoms with Crippen molar-refractivity contribution >= 4 is 17.7 Å². The summed E-state index contributed by atoms with van der Waals surface area (Å²) in [6, 6.07) is 16.7. The average molecular weight is 396 g/mol. The van der Waals surface area contributed by atoms with E-state index in [2.05, 4.69) is 16.0 Å². The molecule has 3 amide bonds. The Balaban J connectivity index is 2.10. The standard InChI is InChI=1S/C23H29N3O3/c1-4-16(2)24-21(27)17(3)25-23(29)20(15-18-11-7-5-8-12-18)26-22(28)19-13-9-6-10-14-19/h5-14,16-17,20H,4,15H2,1-3H3,(H,24,27)(H,25,29)(H,26,28). The number of hydrogen-bond donors (Lipinski definition) is 3. The minimum Gasteiger partial charge on any atom is -0.352 e. The molecule has 0 aliphatic rings. The molecule has 29 heavy (non-hydrogen) atoms. The molecule has 0 spiro atoms. The van der Waals surface area contributed by atoms with Crippen molar-refractivity contribution in [2.45, 2.75) is 51.7 Å². The summed E-state index contributed by atoms with van der Waals surface area (Å²) in [5.41, 5.74) is 1.39. The Bertz CT molecular complexity index is 809. The fourth-order valence-electron chi connectivity index (χ4n) is 2.74. The van der Waals surface area contributed by atoms with Gasteiger partial charge in [0.05, 0.1) is 0 Å². The molecule has 0 saturated carbocycles. The summed E-state index contributed by atoms with van der Waals surface area (Å²) in [7, 11) is 0. The van der Waals surface area contributed by atoms with Crippen LogP contribution in [-0.2, 0) is 16.0 Å². The van der Waals surface area contributed by atoms with E-state index in [1.165, 1.54) is 0 Å². The van der Waals surface area contributed by atoms with Gasteiger partial charge in [0.15, 0.2) is 0 Å². The van der Waals surface area contributed by atoms with Gasteiger partial charge in [0.1, 0.15) is 12.1 Å². The lowest BCUT2D eigenvalue weighted by molar-refractivity contribution is -0.129. The SMILES string of the molecule is CCC(C)NC(=O)C(C)NC(=O)C(Cc1ccccc1)NC(=O)c1ccccc1. The predicted molar refractivity (Wildman–Crippen MR) is 113 cm³/mol. The van der Waals surface area contributed by atoms with E-state index in [1.54, 1.807) is 31.2 Å². The lowest BCUT2D eigenvalue weighted by Crippen LogP contribution is -2.54. The van der Waals surface area contributed by atoms with Crippen LogP contribution in [0, 0.1) is 0 Å². The van der Waals surface area contributed by atoms with E-state index in [4.69, 9.17) is 0 Å². The molecule has 6 heteroatoms. The van der Waals surface area contributed by atoms with Crippen LogP contribution in [0.4, 0.5) is 0 Å². The van der Waals surface area contributed by atoms with E-state index in [0.29, 0.717) is 12.0 Å². The number of carbonyl (C=O) groups excluding carboxylic acids is 3. The highest BCUT2D eigenvalue weighted by Crippen LogP contribution is 2.06. The molecule has 0 bridgehead atoms. The lowest BCUT2D eigenvalue weighted by Gasteiger charge is -2.22. The molecular formula is C23H29N3O3. The average Bonchev–Trinajstić information content (AvgIpc) is 2.74. The van der Waals surface area contributed by atoms with E-state index in [9.17, 15) is 14.4 Å². The first-order valence-corrected chi connectivity index (χ1v) is 9.91. The Morgan fingerprint density at radius 1 is 0.793 bits per heavy atom. The molecule has 0 fully saturated rings. The predicted octanol–water partition coefficient (Wildman–Crippen LogP) is 2.45. The summed E-state index contributed by atoms with van der Waals surface area (Å²) in [6.07, 6.45) is 1.13. The maximum atomic E-state index is 12.9. The summed E-state index contributed by atoms with van der Waals surface area (Å²) in [6.45, 7) is 5.52. The highest BCUT2D eigenvalue weighted by Gasteiger charge is 2.25.